The number of carbonyl (C=O) groups is 2. The lowest BCUT2D eigenvalue weighted by atomic mass is 10.1. The largest absolute Gasteiger partial charge is 0.452 e. The predicted octanol–water partition coefficient (Wildman–Crippen LogP) is 4.61. The van der Waals surface area contributed by atoms with E-state index in [1.54, 1.807) is 29.2 Å². The minimum atomic E-state index is -0.548. The lowest BCUT2D eigenvalue weighted by Crippen LogP contribution is -2.49. The number of hydrogen-bond donors (Lipinski definition) is 0. The summed E-state index contributed by atoms with van der Waals surface area (Å²) in [4.78, 5) is 33.9. The first-order chi connectivity index (χ1) is 16.6. The van der Waals surface area contributed by atoms with E-state index >= 15 is 0 Å². The van der Waals surface area contributed by atoms with E-state index in [-0.39, 0.29) is 18.3 Å². The lowest BCUT2D eigenvalue weighted by Gasteiger charge is -2.36. The second kappa shape index (κ2) is 9.61. The van der Waals surface area contributed by atoms with Crippen LogP contribution in [0, 0.1) is 5.82 Å². The number of anilines is 1. The molecule has 1 saturated heterocycles. The number of piperazine rings is 1. The van der Waals surface area contributed by atoms with Gasteiger partial charge in [-0.2, -0.15) is 0 Å². The van der Waals surface area contributed by atoms with E-state index in [0.717, 1.165) is 20.9 Å². The van der Waals surface area contributed by atoms with Crippen LogP contribution in [0.2, 0.25) is 0 Å². The third-order valence-corrected chi connectivity index (χ3v) is 6.89. The number of ether oxygens (including phenoxy) is 1. The fraction of sp³-hybridized carbons (Fsp3) is 0.192. The number of halogens is 1. The fourth-order valence-corrected chi connectivity index (χ4v) is 5.00. The van der Waals surface area contributed by atoms with Gasteiger partial charge in [0.15, 0.2) is 6.61 Å². The molecule has 8 heteroatoms. The molecule has 1 fully saturated rings. The summed E-state index contributed by atoms with van der Waals surface area (Å²) in [5.41, 5.74) is 2.87. The molecule has 0 aliphatic carbocycles. The first-order valence-electron chi connectivity index (χ1n) is 11.0. The van der Waals surface area contributed by atoms with E-state index in [9.17, 15) is 14.0 Å². The summed E-state index contributed by atoms with van der Waals surface area (Å²) < 4.78 is 19.6. The molecule has 0 bridgehead atoms. The Balaban J connectivity index is 1.20. The fourth-order valence-electron chi connectivity index (χ4n) is 4.00. The predicted molar refractivity (Wildman–Crippen MR) is 131 cm³/mol. The monoisotopic (exact) mass is 475 g/mol. The van der Waals surface area contributed by atoms with Crippen LogP contribution in [0.5, 0.6) is 0 Å². The number of amides is 1. The van der Waals surface area contributed by atoms with Crippen LogP contribution in [0.1, 0.15) is 10.4 Å². The van der Waals surface area contributed by atoms with Gasteiger partial charge in [-0.25, -0.2) is 14.2 Å². The lowest BCUT2D eigenvalue weighted by molar-refractivity contribution is -0.134. The summed E-state index contributed by atoms with van der Waals surface area (Å²) in [6.45, 7) is 1.97. The van der Waals surface area contributed by atoms with Crippen molar-refractivity contribution in [1.29, 1.82) is 0 Å². The van der Waals surface area contributed by atoms with Gasteiger partial charge in [0, 0.05) is 37.4 Å². The first kappa shape index (κ1) is 22.0. The van der Waals surface area contributed by atoms with Gasteiger partial charge in [0.25, 0.3) is 5.91 Å². The van der Waals surface area contributed by atoms with Gasteiger partial charge in [0.05, 0.1) is 15.8 Å². The third kappa shape index (κ3) is 4.63. The molecule has 172 valence electrons. The minimum absolute atomic E-state index is 0.232. The molecule has 1 amide bonds. The molecule has 0 unspecified atom stereocenters. The van der Waals surface area contributed by atoms with Gasteiger partial charge in [0.2, 0.25) is 0 Å². The smallest absolute Gasteiger partial charge is 0.339 e. The SMILES string of the molecule is O=C(OCC(=O)N1CCN(c2ccc(F)cc2)CC1)c1ccccc1-c1nc2ccccc2s1. The maximum atomic E-state index is 13.1. The molecular weight excluding hydrogens is 453 g/mol. The second-order valence-electron chi connectivity index (χ2n) is 7.95. The summed E-state index contributed by atoms with van der Waals surface area (Å²) >= 11 is 1.51. The van der Waals surface area contributed by atoms with Crippen molar-refractivity contribution in [1.82, 2.24) is 9.88 Å². The quantitative estimate of drug-likeness (QED) is 0.395. The summed E-state index contributed by atoms with van der Waals surface area (Å²) in [6.07, 6.45) is 0. The number of thiazole rings is 1. The molecule has 5 rings (SSSR count). The van der Waals surface area contributed by atoms with E-state index in [0.29, 0.717) is 37.3 Å². The van der Waals surface area contributed by atoms with Crippen molar-refractivity contribution in [2.24, 2.45) is 0 Å². The zero-order chi connectivity index (χ0) is 23.5. The molecule has 0 atom stereocenters. The van der Waals surface area contributed by atoms with Crippen LogP contribution in [0.4, 0.5) is 10.1 Å². The molecule has 2 heterocycles. The normalized spacial score (nSPS) is 13.8. The van der Waals surface area contributed by atoms with Crippen LogP contribution >= 0.6 is 11.3 Å². The Kier molecular flexibility index (Phi) is 6.22. The van der Waals surface area contributed by atoms with E-state index in [1.165, 1.54) is 23.5 Å². The van der Waals surface area contributed by atoms with Gasteiger partial charge >= 0.3 is 5.97 Å². The number of aromatic nitrogens is 1. The van der Waals surface area contributed by atoms with Crippen molar-refractivity contribution in [2.75, 3.05) is 37.7 Å². The molecule has 34 heavy (non-hydrogen) atoms. The number of benzene rings is 3. The molecule has 0 saturated carbocycles. The summed E-state index contributed by atoms with van der Waals surface area (Å²) in [6, 6.07) is 21.3. The van der Waals surface area contributed by atoms with Crippen LogP contribution in [-0.2, 0) is 9.53 Å². The second-order valence-corrected chi connectivity index (χ2v) is 8.98. The average molecular weight is 476 g/mol. The molecule has 0 spiro atoms. The Bertz CT molecular complexity index is 1300. The Morgan fingerprint density at radius 3 is 2.38 bits per heavy atom. The van der Waals surface area contributed by atoms with Gasteiger partial charge in [-0.15, -0.1) is 11.3 Å². The minimum Gasteiger partial charge on any atom is -0.452 e. The Hall–Kier alpha value is -3.78. The van der Waals surface area contributed by atoms with Crippen molar-refractivity contribution in [3.05, 3.63) is 84.2 Å². The standard InChI is InChI=1S/C26H22FN3O3S/c27-18-9-11-19(12-10-18)29-13-15-30(16-14-29)24(31)17-33-26(32)21-6-2-1-5-20(21)25-28-22-7-3-4-8-23(22)34-25/h1-12H,13-17H2. The number of rotatable bonds is 5. The zero-order valence-electron chi connectivity index (χ0n) is 18.3. The number of para-hydroxylation sites is 1. The third-order valence-electron chi connectivity index (χ3n) is 5.82. The Morgan fingerprint density at radius 1 is 0.912 bits per heavy atom. The average Bonchev–Trinajstić information content (AvgIpc) is 3.32. The van der Waals surface area contributed by atoms with Crippen molar-refractivity contribution >= 4 is 39.1 Å². The van der Waals surface area contributed by atoms with Crippen LogP contribution in [0.15, 0.2) is 72.8 Å². The molecule has 3 aromatic carbocycles. The van der Waals surface area contributed by atoms with Gasteiger partial charge in [-0.05, 0) is 42.5 Å². The number of carbonyl (C=O) groups excluding carboxylic acids is 2. The van der Waals surface area contributed by atoms with E-state index in [4.69, 9.17) is 4.74 Å². The number of nitrogens with zero attached hydrogens (tertiary/aromatic N) is 3. The molecule has 6 nitrogen and oxygen atoms in total. The van der Waals surface area contributed by atoms with E-state index < -0.39 is 5.97 Å². The van der Waals surface area contributed by atoms with E-state index in [1.807, 2.05) is 36.4 Å². The highest BCUT2D eigenvalue weighted by Gasteiger charge is 2.23. The van der Waals surface area contributed by atoms with Crippen molar-refractivity contribution in [2.45, 2.75) is 0 Å². The van der Waals surface area contributed by atoms with Crippen LogP contribution in [0.25, 0.3) is 20.8 Å². The molecule has 1 aliphatic heterocycles. The first-order valence-corrected chi connectivity index (χ1v) is 11.8. The highest BCUT2D eigenvalue weighted by Crippen LogP contribution is 2.32. The van der Waals surface area contributed by atoms with Crippen LogP contribution in [0.3, 0.4) is 0 Å². The van der Waals surface area contributed by atoms with Gasteiger partial charge in [-0.1, -0.05) is 30.3 Å². The topological polar surface area (TPSA) is 62.7 Å². The summed E-state index contributed by atoms with van der Waals surface area (Å²) in [5.74, 6) is -1.05. The maximum Gasteiger partial charge on any atom is 0.339 e. The van der Waals surface area contributed by atoms with E-state index in [2.05, 4.69) is 9.88 Å². The van der Waals surface area contributed by atoms with Crippen molar-refractivity contribution in [3.63, 3.8) is 0 Å². The summed E-state index contributed by atoms with van der Waals surface area (Å²) in [7, 11) is 0. The van der Waals surface area contributed by atoms with Crippen molar-refractivity contribution < 1.29 is 18.7 Å². The van der Waals surface area contributed by atoms with Gasteiger partial charge in [-0.3, -0.25) is 4.79 Å². The van der Waals surface area contributed by atoms with Crippen LogP contribution < -0.4 is 4.90 Å². The Morgan fingerprint density at radius 2 is 1.62 bits per heavy atom. The Labute approximate surface area is 200 Å². The number of esters is 1. The number of fused-ring (bicyclic) bond motifs is 1. The zero-order valence-corrected chi connectivity index (χ0v) is 19.1. The molecular formula is C26H22FN3O3S. The maximum absolute atomic E-state index is 13.1. The molecule has 0 radical (unpaired) electrons. The van der Waals surface area contributed by atoms with Gasteiger partial charge < -0.3 is 14.5 Å². The number of hydrogen-bond acceptors (Lipinski definition) is 6. The van der Waals surface area contributed by atoms with Crippen molar-refractivity contribution in [3.8, 4) is 10.6 Å². The molecule has 4 aromatic rings. The summed E-state index contributed by atoms with van der Waals surface area (Å²) in [5, 5.41) is 0.733. The molecule has 0 N–H and O–H groups in total. The van der Waals surface area contributed by atoms with Crippen LogP contribution in [-0.4, -0.2) is 54.5 Å². The highest BCUT2D eigenvalue weighted by molar-refractivity contribution is 7.21. The highest BCUT2D eigenvalue weighted by atomic mass is 32.1. The molecule has 1 aliphatic rings. The molecule has 1 aromatic heterocycles. The van der Waals surface area contributed by atoms with Gasteiger partial charge in [0.1, 0.15) is 10.8 Å².